The van der Waals surface area contributed by atoms with E-state index >= 15 is 0 Å². The van der Waals surface area contributed by atoms with Gasteiger partial charge in [-0.15, -0.1) is 0 Å². The van der Waals surface area contributed by atoms with E-state index in [0.29, 0.717) is 11.7 Å². The first-order valence-corrected chi connectivity index (χ1v) is 8.58. The van der Waals surface area contributed by atoms with Crippen molar-refractivity contribution in [2.75, 3.05) is 7.11 Å². The highest BCUT2D eigenvalue weighted by molar-refractivity contribution is 9.10. The highest BCUT2D eigenvalue weighted by Crippen LogP contribution is 2.47. The molecule has 1 saturated carbocycles. The number of ketones is 1. The van der Waals surface area contributed by atoms with Crippen molar-refractivity contribution in [1.29, 1.82) is 0 Å². The van der Waals surface area contributed by atoms with Gasteiger partial charge in [-0.3, -0.25) is 4.79 Å². The predicted molar refractivity (Wildman–Crippen MR) is 90.1 cm³/mol. The third-order valence-electron chi connectivity index (χ3n) is 4.57. The van der Waals surface area contributed by atoms with Gasteiger partial charge < -0.3 is 4.74 Å². The second-order valence-corrected chi connectivity index (χ2v) is 7.57. The van der Waals surface area contributed by atoms with Crippen molar-refractivity contribution in [3.05, 3.63) is 27.7 Å². The van der Waals surface area contributed by atoms with E-state index in [-0.39, 0.29) is 11.2 Å². The molecule has 1 fully saturated rings. The van der Waals surface area contributed by atoms with Crippen LogP contribution in [-0.2, 0) is 0 Å². The van der Waals surface area contributed by atoms with Crippen LogP contribution in [-0.4, -0.2) is 12.9 Å². The molecule has 0 heterocycles. The molecule has 1 aliphatic carbocycles. The molecule has 0 unspecified atom stereocenters. The summed E-state index contributed by atoms with van der Waals surface area (Å²) in [7, 11) is 1.64. The Kier molecular flexibility index (Phi) is 5.13. The predicted octanol–water partition coefficient (Wildman–Crippen LogP) is 5.56. The lowest BCUT2D eigenvalue weighted by molar-refractivity contribution is 0.0756. The number of ether oxygens (including phenoxy) is 1. The number of rotatable bonds is 5. The van der Waals surface area contributed by atoms with Gasteiger partial charge in [0.25, 0.3) is 0 Å². The minimum Gasteiger partial charge on any atom is -0.496 e. The standard InChI is InChI=1S/C18H25BrO2/c1-12(2)11-18(7-5-6-8-18)17(20)14-10-15(19)13(3)9-16(14)21-4/h9-10,12H,5-8,11H2,1-4H3. The fourth-order valence-electron chi connectivity index (χ4n) is 3.64. The molecule has 0 atom stereocenters. The minimum absolute atomic E-state index is 0.184. The van der Waals surface area contributed by atoms with Gasteiger partial charge in [0.1, 0.15) is 5.75 Å². The maximum absolute atomic E-state index is 13.2. The topological polar surface area (TPSA) is 26.3 Å². The quantitative estimate of drug-likeness (QED) is 0.648. The Morgan fingerprint density at radius 3 is 2.48 bits per heavy atom. The summed E-state index contributed by atoms with van der Waals surface area (Å²) < 4.78 is 6.45. The summed E-state index contributed by atoms with van der Waals surface area (Å²) in [5.41, 5.74) is 1.64. The lowest BCUT2D eigenvalue weighted by Crippen LogP contribution is -2.30. The normalized spacial score (nSPS) is 17.2. The van der Waals surface area contributed by atoms with Crippen molar-refractivity contribution in [2.24, 2.45) is 11.3 Å². The van der Waals surface area contributed by atoms with Crippen molar-refractivity contribution < 1.29 is 9.53 Å². The number of Topliss-reactive ketones (excluding diaryl/α,β-unsaturated/α-hetero) is 1. The van der Waals surface area contributed by atoms with Gasteiger partial charge in [0.2, 0.25) is 0 Å². The Morgan fingerprint density at radius 2 is 1.95 bits per heavy atom. The number of carbonyl (C=O) groups excluding carboxylic acids is 1. The van der Waals surface area contributed by atoms with Crippen molar-refractivity contribution >= 4 is 21.7 Å². The van der Waals surface area contributed by atoms with Gasteiger partial charge in [-0.25, -0.2) is 0 Å². The van der Waals surface area contributed by atoms with Crippen LogP contribution in [0.5, 0.6) is 5.75 Å². The molecule has 1 aromatic rings. The molecule has 0 spiro atoms. The van der Waals surface area contributed by atoms with Crippen LogP contribution in [0.3, 0.4) is 0 Å². The zero-order chi connectivity index (χ0) is 15.6. The summed E-state index contributed by atoms with van der Waals surface area (Å²) in [6.07, 6.45) is 5.32. The molecule has 2 nitrogen and oxygen atoms in total. The lowest BCUT2D eigenvalue weighted by Gasteiger charge is -2.30. The van der Waals surface area contributed by atoms with Crippen LogP contribution < -0.4 is 4.74 Å². The maximum atomic E-state index is 13.2. The second kappa shape index (κ2) is 6.51. The molecule has 116 valence electrons. The zero-order valence-electron chi connectivity index (χ0n) is 13.5. The second-order valence-electron chi connectivity index (χ2n) is 6.72. The van der Waals surface area contributed by atoms with Crippen LogP contribution in [0.25, 0.3) is 0 Å². The number of aryl methyl sites for hydroxylation is 1. The summed E-state index contributed by atoms with van der Waals surface area (Å²) in [4.78, 5) is 13.2. The van der Waals surface area contributed by atoms with Crippen LogP contribution in [0.4, 0.5) is 0 Å². The van der Waals surface area contributed by atoms with Gasteiger partial charge >= 0.3 is 0 Å². The van der Waals surface area contributed by atoms with Crippen molar-refractivity contribution in [3.63, 3.8) is 0 Å². The number of benzene rings is 1. The van der Waals surface area contributed by atoms with Crippen LogP contribution in [0.15, 0.2) is 16.6 Å². The van der Waals surface area contributed by atoms with Crippen molar-refractivity contribution in [1.82, 2.24) is 0 Å². The number of hydrogen-bond donors (Lipinski definition) is 0. The molecule has 0 aliphatic heterocycles. The van der Waals surface area contributed by atoms with Crippen LogP contribution in [0, 0.1) is 18.3 Å². The van der Waals surface area contributed by atoms with Gasteiger partial charge in [-0.2, -0.15) is 0 Å². The summed E-state index contributed by atoms with van der Waals surface area (Å²) >= 11 is 3.55. The molecule has 0 N–H and O–H groups in total. The average Bonchev–Trinajstić information content (AvgIpc) is 2.89. The number of methoxy groups -OCH3 is 1. The average molecular weight is 353 g/mol. The van der Waals surface area contributed by atoms with E-state index in [4.69, 9.17) is 4.74 Å². The van der Waals surface area contributed by atoms with Gasteiger partial charge in [0, 0.05) is 9.89 Å². The largest absolute Gasteiger partial charge is 0.496 e. The van der Waals surface area contributed by atoms with Gasteiger partial charge in [-0.05, 0) is 49.8 Å². The minimum atomic E-state index is -0.184. The first kappa shape index (κ1) is 16.5. The maximum Gasteiger partial charge on any atom is 0.172 e. The van der Waals surface area contributed by atoms with E-state index in [0.717, 1.165) is 47.7 Å². The smallest absolute Gasteiger partial charge is 0.172 e. The molecule has 0 aromatic heterocycles. The first-order valence-electron chi connectivity index (χ1n) is 7.78. The number of carbonyl (C=O) groups is 1. The fourth-order valence-corrected chi connectivity index (χ4v) is 3.99. The first-order chi connectivity index (χ1) is 9.89. The summed E-state index contributed by atoms with van der Waals surface area (Å²) in [5, 5.41) is 0. The number of hydrogen-bond acceptors (Lipinski definition) is 2. The summed E-state index contributed by atoms with van der Waals surface area (Å²) in [6, 6.07) is 3.90. The number of halogens is 1. The molecule has 0 radical (unpaired) electrons. The molecular weight excluding hydrogens is 328 g/mol. The molecule has 0 amide bonds. The van der Waals surface area contributed by atoms with Gasteiger partial charge in [-0.1, -0.05) is 42.6 Å². The molecular formula is C18H25BrO2. The van der Waals surface area contributed by atoms with Crippen molar-refractivity contribution in [3.8, 4) is 5.75 Å². The molecule has 0 saturated heterocycles. The summed E-state index contributed by atoms with van der Waals surface area (Å²) in [5.74, 6) is 1.51. The van der Waals surface area contributed by atoms with Gasteiger partial charge in [0.05, 0.1) is 12.7 Å². The Balaban J connectivity index is 2.44. The van der Waals surface area contributed by atoms with Crippen LogP contribution in [0.2, 0.25) is 0 Å². The highest BCUT2D eigenvalue weighted by atomic mass is 79.9. The van der Waals surface area contributed by atoms with Crippen LogP contribution in [0.1, 0.15) is 61.9 Å². The molecule has 0 bridgehead atoms. The fraction of sp³-hybridized carbons (Fsp3) is 0.611. The third kappa shape index (κ3) is 3.33. The van der Waals surface area contributed by atoms with E-state index in [1.54, 1.807) is 7.11 Å². The SMILES string of the molecule is COc1cc(C)c(Br)cc1C(=O)C1(CC(C)C)CCCC1. The van der Waals surface area contributed by atoms with Crippen LogP contribution >= 0.6 is 15.9 Å². The highest BCUT2D eigenvalue weighted by Gasteiger charge is 2.42. The zero-order valence-corrected chi connectivity index (χ0v) is 15.0. The Bertz CT molecular complexity index is 528. The molecule has 1 aliphatic rings. The van der Waals surface area contributed by atoms with E-state index < -0.39 is 0 Å². The molecule has 21 heavy (non-hydrogen) atoms. The van der Waals surface area contributed by atoms with Gasteiger partial charge in [0.15, 0.2) is 5.78 Å². The van der Waals surface area contributed by atoms with E-state index in [9.17, 15) is 4.79 Å². The lowest BCUT2D eigenvalue weighted by atomic mass is 9.73. The molecule has 3 heteroatoms. The molecule has 2 rings (SSSR count). The Morgan fingerprint density at radius 1 is 1.33 bits per heavy atom. The van der Waals surface area contributed by atoms with E-state index in [2.05, 4.69) is 29.8 Å². The third-order valence-corrected chi connectivity index (χ3v) is 5.42. The van der Waals surface area contributed by atoms with Crippen molar-refractivity contribution in [2.45, 2.75) is 52.9 Å². The Hall–Kier alpha value is -0.830. The Labute approximate surface area is 136 Å². The monoisotopic (exact) mass is 352 g/mol. The summed E-state index contributed by atoms with van der Waals surface area (Å²) in [6.45, 7) is 6.42. The molecule has 1 aromatic carbocycles. The van der Waals surface area contributed by atoms with E-state index in [1.807, 2.05) is 19.1 Å². The van der Waals surface area contributed by atoms with E-state index in [1.165, 1.54) is 0 Å².